The van der Waals surface area contributed by atoms with Crippen molar-refractivity contribution < 1.29 is 60.6 Å². The lowest BCUT2D eigenvalue weighted by Gasteiger charge is -2.18. The molecule has 0 aliphatic rings. The highest BCUT2D eigenvalue weighted by molar-refractivity contribution is 5.92. The summed E-state index contributed by atoms with van der Waals surface area (Å²) in [5.74, 6) is -8.83. The molecular formula is C48H46F6N8O8. The number of benzene rings is 4. The van der Waals surface area contributed by atoms with Gasteiger partial charge in [0.15, 0.2) is 53.3 Å². The van der Waals surface area contributed by atoms with Crippen molar-refractivity contribution in [2.24, 2.45) is 5.73 Å². The Morgan fingerprint density at radius 2 is 1.01 bits per heavy atom. The molecule has 7 rings (SSSR count). The first-order valence-electron chi connectivity index (χ1n) is 20.5. The number of nitrogens with zero attached hydrogens (tertiary/aromatic N) is 6. The van der Waals surface area contributed by atoms with E-state index in [1.165, 1.54) is 28.9 Å². The minimum absolute atomic E-state index is 0.0171. The molecule has 16 nitrogen and oxygen atoms in total. The zero-order chi connectivity index (χ0) is 51.5. The summed E-state index contributed by atoms with van der Waals surface area (Å²) in [7, 11) is 6.32. The normalized spacial score (nSPS) is 10.6. The van der Waals surface area contributed by atoms with Crippen LogP contribution in [0.1, 0.15) is 30.0 Å². The summed E-state index contributed by atoms with van der Waals surface area (Å²) >= 11 is 0. The maximum absolute atomic E-state index is 13.5. The molecule has 0 atom stereocenters. The third kappa shape index (κ3) is 16.1. The minimum atomic E-state index is -1.56. The predicted octanol–water partition coefficient (Wildman–Crippen LogP) is 4.04. The molecule has 4 N–H and O–H groups in total. The zero-order valence-electron chi connectivity index (χ0n) is 38.1. The number of rotatable bonds is 14. The van der Waals surface area contributed by atoms with E-state index in [0.717, 1.165) is 47.0 Å². The topological polar surface area (TPSA) is 224 Å². The molecular weight excluding hydrogens is 931 g/mol. The van der Waals surface area contributed by atoms with E-state index in [1.807, 2.05) is 18.2 Å². The van der Waals surface area contributed by atoms with Crippen LogP contribution in [0.15, 0.2) is 125 Å². The van der Waals surface area contributed by atoms with E-state index in [9.17, 15) is 35.9 Å². The fourth-order valence-corrected chi connectivity index (χ4v) is 6.03. The number of aromatic nitrogens is 6. The number of halogens is 6. The summed E-state index contributed by atoms with van der Waals surface area (Å²) in [5, 5.41) is 22.7. The van der Waals surface area contributed by atoms with Crippen LogP contribution in [-0.4, -0.2) is 82.4 Å². The molecule has 368 valence electrons. The highest BCUT2D eigenvalue weighted by Gasteiger charge is 2.16. The average molecular weight is 977 g/mol. The minimum Gasteiger partial charge on any atom is -0.550 e. The molecule has 0 fully saturated rings. The molecule has 4 aromatic carbocycles. The second kappa shape index (κ2) is 26.6. The van der Waals surface area contributed by atoms with E-state index in [1.54, 1.807) is 77.2 Å². The maximum Gasteiger partial charge on any atom is 0.270 e. The second-order valence-corrected chi connectivity index (χ2v) is 14.4. The van der Waals surface area contributed by atoms with Crippen LogP contribution < -0.4 is 27.4 Å². The lowest BCUT2D eigenvalue weighted by molar-refractivity contribution is -0.302. The number of hydrogen-bond acceptors (Lipinski definition) is 12. The van der Waals surface area contributed by atoms with Crippen molar-refractivity contribution in [3.63, 3.8) is 0 Å². The summed E-state index contributed by atoms with van der Waals surface area (Å²) in [6.07, 6.45) is 3.30. The number of carboxylic acids is 1. The molecule has 0 amide bonds. The van der Waals surface area contributed by atoms with Crippen molar-refractivity contribution in [1.82, 2.24) is 29.5 Å². The van der Waals surface area contributed by atoms with E-state index >= 15 is 0 Å². The molecule has 22 heteroatoms. The first kappa shape index (κ1) is 54.7. The van der Waals surface area contributed by atoms with Gasteiger partial charge in [-0.05, 0) is 78.7 Å². The predicted molar refractivity (Wildman–Crippen MR) is 241 cm³/mol. The Morgan fingerprint density at radius 1 is 0.614 bits per heavy atom. The highest BCUT2D eigenvalue weighted by atomic mass is 19.2. The number of ether oxygens (including phenoxy) is 4. The molecule has 0 aliphatic carbocycles. The lowest BCUT2D eigenvalue weighted by atomic mass is 10.1. The fraction of sp³-hybridized carbons (Fsp3) is 0.208. The van der Waals surface area contributed by atoms with Crippen LogP contribution in [0.25, 0.3) is 33.9 Å². The number of hydrogen-bond donors (Lipinski definition) is 2. The number of nitrogens with two attached hydrogens (primary N) is 2. The lowest BCUT2D eigenvalue weighted by Crippen LogP contribution is -2.46. The average Bonchev–Trinajstić information content (AvgIpc) is 3.34. The largest absolute Gasteiger partial charge is 0.550 e. The Kier molecular flexibility index (Phi) is 20.8. The van der Waals surface area contributed by atoms with Gasteiger partial charge in [-0.2, -0.15) is 10.2 Å². The monoisotopic (exact) mass is 976 g/mol. The SMILES string of the molecule is CC(=O)[O-].COC(CC(OC)OC)OC.NC(=[NH2+])c1cccc(Cn2nc(-c3cc(F)c(F)c(F)c3)ccc2=O)c1.O=c1ccc(-c2cc(F)c(F)c(F)c2)nn1Cc1cccc(-c2ncccn2)c1. The van der Waals surface area contributed by atoms with Crippen molar-refractivity contribution in [3.05, 3.63) is 188 Å². The van der Waals surface area contributed by atoms with Gasteiger partial charge >= 0.3 is 0 Å². The summed E-state index contributed by atoms with van der Waals surface area (Å²) < 4.78 is 102. The van der Waals surface area contributed by atoms with E-state index in [4.69, 9.17) is 40.0 Å². The Labute approximate surface area is 396 Å². The molecule has 0 unspecified atom stereocenters. The van der Waals surface area contributed by atoms with Crippen LogP contribution >= 0.6 is 0 Å². The van der Waals surface area contributed by atoms with Gasteiger partial charge in [0.05, 0.1) is 30.0 Å². The molecule has 0 radical (unpaired) electrons. The van der Waals surface area contributed by atoms with Gasteiger partial charge in [0.2, 0.25) is 0 Å². The van der Waals surface area contributed by atoms with E-state index < -0.39 is 52.0 Å². The molecule has 7 aromatic rings. The summed E-state index contributed by atoms with van der Waals surface area (Å²) in [6.45, 7) is 1.19. The van der Waals surface area contributed by atoms with E-state index in [0.29, 0.717) is 23.4 Å². The molecule has 3 heterocycles. The van der Waals surface area contributed by atoms with Crippen LogP contribution in [-0.2, 0) is 36.8 Å². The van der Waals surface area contributed by atoms with Crippen LogP contribution in [0.4, 0.5) is 26.3 Å². The first-order valence-corrected chi connectivity index (χ1v) is 20.5. The van der Waals surface area contributed by atoms with Crippen molar-refractivity contribution in [1.29, 1.82) is 0 Å². The van der Waals surface area contributed by atoms with E-state index in [2.05, 4.69) is 20.2 Å². The van der Waals surface area contributed by atoms with Crippen molar-refractivity contribution >= 4 is 11.8 Å². The van der Waals surface area contributed by atoms with Crippen molar-refractivity contribution in [2.75, 3.05) is 28.4 Å². The number of methoxy groups -OCH3 is 4. The highest BCUT2D eigenvalue weighted by Crippen LogP contribution is 2.23. The van der Waals surface area contributed by atoms with E-state index in [-0.39, 0.29) is 54.0 Å². The van der Waals surface area contributed by atoms with Crippen molar-refractivity contribution in [2.45, 2.75) is 39.0 Å². The third-order valence-electron chi connectivity index (χ3n) is 9.40. The number of carbonyl (C=O) groups excluding carboxylic acids is 1. The van der Waals surface area contributed by atoms with Gasteiger partial charge in [0.25, 0.3) is 17.0 Å². The number of aliphatic carboxylic acids is 1. The third-order valence-corrected chi connectivity index (χ3v) is 9.40. The molecule has 0 bridgehead atoms. The Morgan fingerprint density at radius 3 is 1.41 bits per heavy atom. The van der Waals surface area contributed by atoms with Gasteiger partial charge in [0, 0.05) is 82.0 Å². The standard InChI is InChI=1S/C21H13F3N4O.C18H13F3N4O.C7H16O4.C2H4O2/c22-16-10-15(11-17(23)20(16)24)18-5-6-19(29)28(27-18)12-13-3-1-4-14(9-13)21-25-7-2-8-26-21;19-13-7-12(8-14(20)17(13)21)15-4-5-16(26)25(24-15)9-10-2-1-3-11(6-10)18(22)23;1-8-6(9-2)5-7(10-3)11-4;1-2(3)4/h1-11H,12H2;1-8H,9H2,(H3,22,23);6-7H,5H2,1-4H3;1H3,(H,3,4). The Hall–Kier alpha value is -7.92. The van der Waals surface area contributed by atoms with Gasteiger partial charge < -0.3 is 28.8 Å². The summed E-state index contributed by atoms with van der Waals surface area (Å²) in [6, 6.07) is 24.3. The van der Waals surface area contributed by atoms with Gasteiger partial charge in [0.1, 0.15) is 0 Å². The molecule has 70 heavy (non-hydrogen) atoms. The van der Waals surface area contributed by atoms with Gasteiger partial charge in [-0.15, -0.1) is 0 Å². The second-order valence-electron chi connectivity index (χ2n) is 14.4. The zero-order valence-corrected chi connectivity index (χ0v) is 38.1. The number of carbonyl (C=O) groups is 1. The molecule has 0 aliphatic heterocycles. The first-order chi connectivity index (χ1) is 33.4. The van der Waals surface area contributed by atoms with Gasteiger partial charge in [-0.25, -0.2) is 45.7 Å². The van der Waals surface area contributed by atoms with Crippen LogP contribution in [0.5, 0.6) is 0 Å². The molecule has 0 saturated carbocycles. The van der Waals surface area contributed by atoms with Gasteiger partial charge in [-0.3, -0.25) is 20.7 Å². The molecule has 0 spiro atoms. The van der Waals surface area contributed by atoms with Gasteiger partial charge in [-0.1, -0.05) is 30.3 Å². The Bertz CT molecular complexity index is 2930. The smallest absolute Gasteiger partial charge is 0.270 e. The number of amidine groups is 1. The quantitative estimate of drug-likeness (QED) is 0.0517. The van der Waals surface area contributed by atoms with Crippen LogP contribution in [0, 0.1) is 34.9 Å². The maximum atomic E-state index is 13.5. The fourth-order valence-electron chi connectivity index (χ4n) is 6.03. The Balaban J connectivity index is 0.000000238. The summed E-state index contributed by atoms with van der Waals surface area (Å²) in [4.78, 5) is 41.5. The molecule has 3 aromatic heterocycles. The molecule has 0 saturated heterocycles. The van der Waals surface area contributed by atoms with Crippen LogP contribution in [0.2, 0.25) is 0 Å². The summed E-state index contributed by atoms with van der Waals surface area (Å²) in [5.41, 5.74) is 7.92. The van der Waals surface area contributed by atoms with Crippen LogP contribution in [0.3, 0.4) is 0 Å². The number of carboxylic acid groups (broad SMARTS) is 1. The van der Waals surface area contributed by atoms with Crippen molar-refractivity contribution in [3.8, 4) is 33.9 Å².